The molecule has 1 aliphatic heterocycles. The molecule has 8 aromatic rings. The second-order valence-corrected chi connectivity index (χ2v) is 18.6. The number of furan rings is 1. The van der Waals surface area contributed by atoms with Crippen LogP contribution in [0.3, 0.4) is 0 Å². The summed E-state index contributed by atoms with van der Waals surface area (Å²) in [6.45, 7) is 0. The van der Waals surface area contributed by atoms with Gasteiger partial charge in [-0.15, -0.1) is 0 Å². The number of nitrogens with zero attached hydrogens (tertiary/aromatic N) is 2. The Morgan fingerprint density at radius 2 is 1.20 bits per heavy atom. The Kier molecular flexibility index (Phi) is 8.69. The van der Waals surface area contributed by atoms with Gasteiger partial charge in [-0.3, -0.25) is 0 Å². The van der Waals surface area contributed by atoms with Crippen LogP contribution in [-0.2, 0) is 0 Å². The summed E-state index contributed by atoms with van der Waals surface area (Å²) in [6.07, 6.45) is 9.80. The number of hydrogen-bond donors (Lipinski definition) is 1. The molecule has 2 unspecified atom stereocenters. The van der Waals surface area contributed by atoms with Crippen LogP contribution in [-0.4, -0.2) is 19.7 Å². The number of benzene rings is 7. The van der Waals surface area contributed by atoms with E-state index < -0.39 is 8.07 Å². The van der Waals surface area contributed by atoms with Crippen molar-refractivity contribution in [1.82, 2.24) is 5.32 Å². The van der Waals surface area contributed by atoms with E-state index in [4.69, 9.17) is 14.4 Å². The SMILES string of the molecule is C1=CCC([Si](c2ccccc2)(c2ccccc2)c2cccc(C3=NC(c4ccccc4)NC(c4cc(-c5ccccc5)c5c(c4)oc4ccccc45)=N3)c2)C=C1. The van der Waals surface area contributed by atoms with Gasteiger partial charge >= 0.3 is 0 Å². The zero-order valence-electron chi connectivity index (χ0n) is 30.8. The van der Waals surface area contributed by atoms with Gasteiger partial charge in [0.1, 0.15) is 23.2 Å². The highest BCUT2D eigenvalue weighted by atomic mass is 28.3. The molecule has 10 rings (SSSR count). The van der Waals surface area contributed by atoms with E-state index in [1.807, 2.05) is 18.2 Å². The van der Waals surface area contributed by atoms with Crippen molar-refractivity contribution in [2.75, 3.05) is 0 Å². The normalized spacial score (nSPS) is 16.7. The molecule has 0 fully saturated rings. The quantitative estimate of drug-likeness (QED) is 0.125. The van der Waals surface area contributed by atoms with Crippen molar-refractivity contribution in [2.45, 2.75) is 18.1 Å². The van der Waals surface area contributed by atoms with E-state index in [0.717, 1.165) is 62.0 Å². The van der Waals surface area contributed by atoms with Crippen LogP contribution in [0.5, 0.6) is 0 Å². The average Bonchev–Trinajstić information content (AvgIpc) is 3.67. The van der Waals surface area contributed by atoms with Crippen molar-refractivity contribution in [3.8, 4) is 11.1 Å². The lowest BCUT2D eigenvalue weighted by Gasteiger charge is -2.40. The van der Waals surface area contributed by atoms with Crippen molar-refractivity contribution >= 4 is 57.2 Å². The Labute approximate surface area is 327 Å². The summed E-state index contributed by atoms with van der Waals surface area (Å²) >= 11 is 0. The van der Waals surface area contributed by atoms with Gasteiger partial charge in [-0.25, -0.2) is 9.98 Å². The minimum Gasteiger partial charge on any atom is -0.456 e. The van der Waals surface area contributed by atoms with Crippen molar-refractivity contribution in [3.05, 3.63) is 223 Å². The predicted molar refractivity (Wildman–Crippen MR) is 235 cm³/mol. The first-order chi connectivity index (χ1) is 27.8. The number of para-hydroxylation sites is 1. The monoisotopic (exact) mass is 737 g/mol. The van der Waals surface area contributed by atoms with E-state index in [0.29, 0.717) is 11.4 Å². The molecule has 56 heavy (non-hydrogen) atoms. The van der Waals surface area contributed by atoms with Gasteiger partial charge in [0.2, 0.25) is 0 Å². The number of amidine groups is 2. The molecule has 0 radical (unpaired) electrons. The van der Waals surface area contributed by atoms with Crippen molar-refractivity contribution in [3.63, 3.8) is 0 Å². The van der Waals surface area contributed by atoms with E-state index in [-0.39, 0.29) is 6.17 Å². The molecule has 0 bridgehead atoms. The van der Waals surface area contributed by atoms with Gasteiger partial charge in [-0.2, -0.15) is 0 Å². The zero-order valence-corrected chi connectivity index (χ0v) is 31.8. The molecule has 0 saturated carbocycles. The van der Waals surface area contributed by atoms with Crippen LogP contribution >= 0.6 is 0 Å². The van der Waals surface area contributed by atoms with Crippen LogP contribution in [0.2, 0.25) is 5.54 Å². The molecule has 5 heteroatoms. The van der Waals surface area contributed by atoms with Crippen molar-refractivity contribution in [1.29, 1.82) is 0 Å². The molecule has 4 nitrogen and oxygen atoms in total. The van der Waals surface area contributed by atoms with E-state index in [9.17, 15) is 0 Å². The van der Waals surface area contributed by atoms with E-state index in [1.54, 1.807) is 0 Å². The molecule has 1 aromatic heterocycles. The van der Waals surface area contributed by atoms with Gasteiger partial charge < -0.3 is 9.73 Å². The molecular weight excluding hydrogens is 699 g/mol. The maximum atomic E-state index is 6.55. The standard InChI is InChI=1S/C51H39N3OSi/c1-6-19-36(20-7-1)45-34-39(35-47-48(45)44-31-16-17-32-46(44)55-47)51-53-49(37-21-8-2-9-22-37)52-50(54-51)38-23-18-30-43(33-38)56(40-24-10-3-11-25-40,41-26-12-4-13-27-41)42-28-14-5-15-29-42/h1-28,30-35,42,49H,29H2,(H,52,53,54). The lowest BCUT2D eigenvalue weighted by Crippen LogP contribution is -2.69. The lowest BCUT2D eigenvalue weighted by atomic mass is 9.96. The molecular formula is C51H39N3OSi. The van der Waals surface area contributed by atoms with Crippen LogP contribution in [0.1, 0.15) is 29.3 Å². The first-order valence-electron chi connectivity index (χ1n) is 19.3. The van der Waals surface area contributed by atoms with E-state index in [1.165, 1.54) is 15.6 Å². The summed E-state index contributed by atoms with van der Waals surface area (Å²) in [5.41, 5.74) is 7.24. The summed E-state index contributed by atoms with van der Waals surface area (Å²) < 4.78 is 6.55. The Hall–Kier alpha value is -6.82. The van der Waals surface area contributed by atoms with E-state index >= 15 is 0 Å². The number of allylic oxidation sites excluding steroid dienone is 4. The highest BCUT2D eigenvalue weighted by Crippen LogP contribution is 2.38. The topological polar surface area (TPSA) is 49.9 Å². The minimum absolute atomic E-state index is 0.325. The van der Waals surface area contributed by atoms with Gasteiger partial charge in [0.25, 0.3) is 0 Å². The molecule has 2 aliphatic rings. The molecule has 0 saturated heterocycles. The summed E-state index contributed by atoms with van der Waals surface area (Å²) in [7, 11) is -2.64. The number of rotatable bonds is 8. The van der Waals surface area contributed by atoms with Gasteiger partial charge in [0, 0.05) is 21.9 Å². The third-order valence-corrected chi connectivity index (χ3v) is 16.5. The molecule has 1 aliphatic carbocycles. The number of aliphatic imine (C=N–C) groups is 2. The molecule has 0 spiro atoms. The van der Waals surface area contributed by atoms with Crippen LogP contribution < -0.4 is 20.9 Å². The number of fused-ring (bicyclic) bond motifs is 3. The van der Waals surface area contributed by atoms with Crippen LogP contribution in [0, 0.1) is 0 Å². The van der Waals surface area contributed by atoms with Gasteiger partial charge in [0.15, 0.2) is 13.9 Å². The Bertz CT molecular complexity index is 2770. The summed E-state index contributed by atoms with van der Waals surface area (Å²) in [6, 6.07) is 65.0. The molecule has 2 heterocycles. The van der Waals surface area contributed by atoms with Crippen LogP contribution in [0.25, 0.3) is 33.1 Å². The fourth-order valence-electron chi connectivity index (χ4n) is 8.72. The Balaban J connectivity index is 1.17. The predicted octanol–water partition coefficient (Wildman–Crippen LogP) is 10.1. The van der Waals surface area contributed by atoms with Gasteiger partial charge in [-0.1, -0.05) is 188 Å². The summed E-state index contributed by atoms with van der Waals surface area (Å²) in [5, 5.41) is 10.0. The second kappa shape index (κ2) is 14.4. The molecule has 2 atom stereocenters. The first-order valence-corrected chi connectivity index (χ1v) is 21.4. The number of hydrogen-bond acceptors (Lipinski definition) is 4. The molecule has 7 aromatic carbocycles. The maximum Gasteiger partial charge on any atom is 0.159 e. The fraction of sp³-hybridized carbons (Fsp3) is 0.0588. The number of nitrogens with one attached hydrogen (secondary N) is 1. The lowest BCUT2D eigenvalue weighted by molar-refractivity contribution is 0.666. The third-order valence-electron chi connectivity index (χ3n) is 11.3. The molecule has 268 valence electrons. The largest absolute Gasteiger partial charge is 0.456 e. The van der Waals surface area contributed by atoms with Gasteiger partial charge in [-0.05, 0) is 62.4 Å². The highest BCUT2D eigenvalue weighted by Gasteiger charge is 2.45. The smallest absolute Gasteiger partial charge is 0.159 e. The zero-order chi connectivity index (χ0) is 37.3. The van der Waals surface area contributed by atoms with Gasteiger partial charge in [0.05, 0.1) is 0 Å². The fourth-order valence-corrected chi connectivity index (χ4v) is 14.1. The Morgan fingerprint density at radius 3 is 1.91 bits per heavy atom. The second-order valence-electron chi connectivity index (χ2n) is 14.5. The third kappa shape index (κ3) is 5.94. The first kappa shape index (κ1) is 33.7. The van der Waals surface area contributed by atoms with Crippen LogP contribution in [0.4, 0.5) is 0 Å². The molecule has 0 amide bonds. The van der Waals surface area contributed by atoms with E-state index in [2.05, 4.69) is 193 Å². The van der Waals surface area contributed by atoms with Crippen LogP contribution in [0.15, 0.2) is 221 Å². The average molecular weight is 738 g/mol. The summed E-state index contributed by atoms with van der Waals surface area (Å²) in [4.78, 5) is 10.7. The maximum absolute atomic E-state index is 6.55. The minimum atomic E-state index is -2.64. The molecule has 1 N–H and O–H groups in total. The van der Waals surface area contributed by atoms with Crippen molar-refractivity contribution < 1.29 is 4.42 Å². The summed E-state index contributed by atoms with van der Waals surface area (Å²) in [5.74, 6) is 1.45. The highest BCUT2D eigenvalue weighted by molar-refractivity contribution is 7.12. The van der Waals surface area contributed by atoms with Crippen molar-refractivity contribution in [2.24, 2.45) is 9.98 Å². The Morgan fingerprint density at radius 1 is 0.554 bits per heavy atom.